The predicted molar refractivity (Wildman–Crippen MR) is 124 cm³/mol. The molecule has 2 nitrogen and oxygen atoms in total. The Morgan fingerprint density at radius 2 is 0.867 bits per heavy atom. The van der Waals surface area contributed by atoms with E-state index in [4.69, 9.17) is 0 Å². The van der Waals surface area contributed by atoms with Gasteiger partial charge in [-0.25, -0.2) is 0 Å². The summed E-state index contributed by atoms with van der Waals surface area (Å²) < 4.78 is 0. The van der Waals surface area contributed by atoms with Crippen LogP contribution in [0, 0.1) is 22.7 Å². The summed E-state index contributed by atoms with van der Waals surface area (Å²) in [6.07, 6.45) is 7.87. The second-order valence-electron chi connectivity index (χ2n) is 6.87. The van der Waals surface area contributed by atoms with Crippen molar-refractivity contribution in [2.24, 2.45) is 0 Å². The summed E-state index contributed by atoms with van der Waals surface area (Å²) in [5.41, 5.74) is 4.97. The molecule has 0 heterocycles. The molecule has 30 heavy (non-hydrogen) atoms. The highest BCUT2D eigenvalue weighted by atomic mass is 14.3. The Labute approximate surface area is 176 Å². The van der Waals surface area contributed by atoms with E-state index >= 15 is 0 Å². The molecule has 0 aromatic heterocycles. The van der Waals surface area contributed by atoms with Gasteiger partial charge in [0, 0.05) is 10.8 Å². The zero-order valence-corrected chi connectivity index (χ0v) is 16.3. The van der Waals surface area contributed by atoms with Gasteiger partial charge in [0.25, 0.3) is 0 Å². The number of fused-ring (bicyclic) bond motifs is 1. The van der Waals surface area contributed by atoms with E-state index in [1.165, 1.54) is 0 Å². The second kappa shape index (κ2) is 8.74. The van der Waals surface area contributed by atoms with Crippen molar-refractivity contribution < 1.29 is 0 Å². The number of rotatable bonds is 4. The summed E-state index contributed by atoms with van der Waals surface area (Å²) >= 11 is 0. The van der Waals surface area contributed by atoms with Crippen LogP contribution < -0.4 is 0 Å². The molecule has 0 radical (unpaired) electrons. The van der Waals surface area contributed by atoms with Crippen LogP contribution in [0.15, 0.2) is 84.9 Å². The molecule has 4 aromatic rings. The first-order valence-electron chi connectivity index (χ1n) is 9.66. The summed E-state index contributed by atoms with van der Waals surface area (Å²) in [6, 6.07) is 32.3. The maximum Gasteiger partial charge on any atom is 0.100 e. The molecule has 0 aliphatic rings. The Kier molecular flexibility index (Phi) is 5.52. The molecule has 0 spiro atoms. The molecule has 0 amide bonds. The van der Waals surface area contributed by atoms with Crippen molar-refractivity contribution in [3.05, 3.63) is 118 Å². The average molecular weight is 382 g/mol. The third-order valence-electron chi connectivity index (χ3n) is 5.00. The largest absolute Gasteiger partial charge is 0.192 e. The smallest absolute Gasteiger partial charge is 0.100 e. The van der Waals surface area contributed by atoms with Crippen molar-refractivity contribution in [2.75, 3.05) is 0 Å². The normalized spacial score (nSPS) is 11.0. The van der Waals surface area contributed by atoms with Crippen LogP contribution in [0.3, 0.4) is 0 Å². The lowest BCUT2D eigenvalue weighted by molar-refractivity contribution is 1.47. The van der Waals surface area contributed by atoms with Gasteiger partial charge in [0.15, 0.2) is 0 Å². The topological polar surface area (TPSA) is 47.6 Å². The zero-order chi connectivity index (χ0) is 20.8. The molecule has 0 N–H and O–H groups in total. The van der Waals surface area contributed by atoms with Gasteiger partial charge in [0.1, 0.15) is 12.1 Å². The fraction of sp³-hybridized carbons (Fsp3) is 0. The number of nitrogens with zero attached hydrogens (tertiary/aromatic N) is 2. The fourth-order valence-electron chi connectivity index (χ4n) is 3.47. The van der Waals surface area contributed by atoms with Crippen LogP contribution in [0.1, 0.15) is 33.4 Å². The molecule has 2 heteroatoms. The number of hydrogen-bond acceptors (Lipinski definition) is 2. The number of nitriles is 2. The molecular formula is C28H18N2. The van der Waals surface area contributed by atoms with Crippen molar-refractivity contribution in [1.29, 1.82) is 10.5 Å². The van der Waals surface area contributed by atoms with Crippen LogP contribution in [-0.4, -0.2) is 0 Å². The highest BCUT2D eigenvalue weighted by molar-refractivity contribution is 5.98. The molecule has 4 aromatic carbocycles. The van der Waals surface area contributed by atoms with E-state index in [0.29, 0.717) is 11.1 Å². The molecule has 0 fully saturated rings. The van der Waals surface area contributed by atoms with E-state index in [9.17, 15) is 10.5 Å². The minimum atomic E-state index is 0.578. The van der Waals surface area contributed by atoms with Crippen molar-refractivity contribution in [1.82, 2.24) is 0 Å². The Morgan fingerprint density at radius 1 is 0.467 bits per heavy atom. The van der Waals surface area contributed by atoms with Crippen molar-refractivity contribution >= 4 is 35.1 Å². The number of hydrogen-bond donors (Lipinski definition) is 0. The van der Waals surface area contributed by atoms with Gasteiger partial charge in [-0.1, -0.05) is 109 Å². The van der Waals surface area contributed by atoms with Crippen molar-refractivity contribution in [3.63, 3.8) is 0 Å². The van der Waals surface area contributed by atoms with Gasteiger partial charge in [-0.15, -0.1) is 0 Å². The zero-order valence-electron chi connectivity index (χ0n) is 16.3. The quantitative estimate of drug-likeness (QED) is 0.359. The molecular weight excluding hydrogens is 364 g/mol. The van der Waals surface area contributed by atoms with E-state index in [1.807, 2.05) is 109 Å². The van der Waals surface area contributed by atoms with Gasteiger partial charge < -0.3 is 0 Å². The summed E-state index contributed by atoms with van der Waals surface area (Å²) in [4.78, 5) is 0. The van der Waals surface area contributed by atoms with Gasteiger partial charge in [-0.2, -0.15) is 10.5 Å². The summed E-state index contributed by atoms with van der Waals surface area (Å²) in [5.74, 6) is 0. The molecule has 140 valence electrons. The van der Waals surface area contributed by atoms with Crippen LogP contribution in [-0.2, 0) is 0 Å². The van der Waals surface area contributed by atoms with Crippen LogP contribution in [0.2, 0.25) is 0 Å². The molecule has 0 saturated heterocycles. The van der Waals surface area contributed by atoms with E-state index < -0.39 is 0 Å². The SMILES string of the molecule is N#Cc1c(C=Cc2ccccc2)ccc2c(C#N)c(C=Cc3ccccc3)ccc12. The standard InChI is InChI=1S/C28H18N2/c29-19-27-23(13-11-21-7-3-1-4-8-21)15-17-26-25(27)18-16-24(28(26)20-30)14-12-22-9-5-2-6-10-22/h1-18H. The van der Waals surface area contributed by atoms with E-state index in [-0.39, 0.29) is 0 Å². The molecule has 0 unspecified atom stereocenters. The summed E-state index contributed by atoms with van der Waals surface area (Å²) in [6.45, 7) is 0. The third-order valence-corrected chi connectivity index (χ3v) is 5.00. The third kappa shape index (κ3) is 3.90. The van der Waals surface area contributed by atoms with Crippen LogP contribution in [0.4, 0.5) is 0 Å². The fourth-order valence-corrected chi connectivity index (χ4v) is 3.47. The Hall–Kier alpha value is -4.40. The monoisotopic (exact) mass is 382 g/mol. The van der Waals surface area contributed by atoms with Gasteiger partial charge in [-0.05, 0) is 22.3 Å². The number of benzene rings is 4. The minimum absolute atomic E-state index is 0.578. The molecule has 0 aliphatic heterocycles. The Morgan fingerprint density at radius 3 is 1.23 bits per heavy atom. The first kappa shape index (κ1) is 18.9. The van der Waals surface area contributed by atoms with E-state index in [2.05, 4.69) is 12.1 Å². The van der Waals surface area contributed by atoms with Crippen molar-refractivity contribution in [3.8, 4) is 12.1 Å². The molecule has 0 atom stereocenters. The van der Waals surface area contributed by atoms with Crippen molar-refractivity contribution in [2.45, 2.75) is 0 Å². The van der Waals surface area contributed by atoms with E-state index in [1.54, 1.807) is 0 Å². The first-order valence-corrected chi connectivity index (χ1v) is 9.66. The molecule has 4 rings (SSSR count). The first-order chi connectivity index (χ1) is 14.8. The summed E-state index contributed by atoms with van der Waals surface area (Å²) in [5, 5.41) is 21.2. The maximum absolute atomic E-state index is 9.82. The summed E-state index contributed by atoms with van der Waals surface area (Å²) in [7, 11) is 0. The Bertz CT molecular complexity index is 1230. The average Bonchev–Trinajstić information content (AvgIpc) is 2.81. The van der Waals surface area contributed by atoms with Crippen LogP contribution in [0.25, 0.3) is 35.1 Å². The minimum Gasteiger partial charge on any atom is -0.192 e. The Balaban J connectivity index is 1.78. The van der Waals surface area contributed by atoms with Crippen LogP contribution >= 0.6 is 0 Å². The lowest BCUT2D eigenvalue weighted by Crippen LogP contribution is -1.91. The second-order valence-corrected chi connectivity index (χ2v) is 6.87. The van der Waals surface area contributed by atoms with Gasteiger partial charge in [-0.3, -0.25) is 0 Å². The van der Waals surface area contributed by atoms with Gasteiger partial charge >= 0.3 is 0 Å². The van der Waals surface area contributed by atoms with E-state index in [0.717, 1.165) is 33.0 Å². The molecule has 0 aliphatic carbocycles. The molecule has 0 bridgehead atoms. The lowest BCUT2D eigenvalue weighted by Gasteiger charge is -2.08. The lowest BCUT2D eigenvalue weighted by atomic mass is 9.93. The highest BCUT2D eigenvalue weighted by Gasteiger charge is 2.11. The predicted octanol–water partition coefficient (Wildman–Crippen LogP) is 6.92. The maximum atomic E-state index is 9.82. The highest BCUT2D eigenvalue weighted by Crippen LogP contribution is 2.29. The van der Waals surface area contributed by atoms with Gasteiger partial charge in [0.2, 0.25) is 0 Å². The van der Waals surface area contributed by atoms with Crippen LogP contribution in [0.5, 0.6) is 0 Å². The van der Waals surface area contributed by atoms with Gasteiger partial charge in [0.05, 0.1) is 11.1 Å². The molecule has 0 saturated carbocycles.